The second-order valence-corrected chi connectivity index (χ2v) is 5.86. The third-order valence-electron chi connectivity index (χ3n) is 3.60. The minimum absolute atomic E-state index is 0.944. The second kappa shape index (κ2) is 4.25. The van der Waals surface area contributed by atoms with E-state index in [0.717, 1.165) is 32.0 Å². The topological polar surface area (TPSA) is 25.8 Å². The van der Waals surface area contributed by atoms with Gasteiger partial charge in [0.05, 0.1) is 16.7 Å². The molecule has 0 aliphatic carbocycles. The van der Waals surface area contributed by atoms with Crippen molar-refractivity contribution in [1.82, 2.24) is 9.97 Å². The van der Waals surface area contributed by atoms with Gasteiger partial charge in [0.15, 0.2) is 0 Å². The highest BCUT2D eigenvalue weighted by Crippen LogP contribution is 2.34. The third kappa shape index (κ3) is 1.63. The summed E-state index contributed by atoms with van der Waals surface area (Å²) in [4.78, 5) is 9.31. The average molecular weight is 323 g/mol. The Bertz CT molecular complexity index is 876. The molecule has 0 saturated heterocycles. The van der Waals surface area contributed by atoms with Gasteiger partial charge < -0.3 is 0 Å². The first-order valence-electron chi connectivity index (χ1n) is 6.47. The SMILES string of the molecule is Cc1cnc2c3ccc(Br)cc3c3ccccc3c2n1. The lowest BCUT2D eigenvalue weighted by Gasteiger charge is -2.09. The summed E-state index contributed by atoms with van der Waals surface area (Å²) in [5, 5.41) is 4.73. The van der Waals surface area contributed by atoms with Crippen molar-refractivity contribution >= 4 is 48.5 Å². The van der Waals surface area contributed by atoms with E-state index in [0.29, 0.717) is 0 Å². The third-order valence-corrected chi connectivity index (χ3v) is 4.10. The molecule has 0 atom stereocenters. The van der Waals surface area contributed by atoms with Crippen LogP contribution in [0.4, 0.5) is 0 Å². The molecule has 0 N–H and O–H groups in total. The fourth-order valence-corrected chi connectivity index (χ4v) is 3.09. The van der Waals surface area contributed by atoms with Gasteiger partial charge in [0.1, 0.15) is 0 Å². The van der Waals surface area contributed by atoms with Gasteiger partial charge in [-0.1, -0.05) is 46.3 Å². The van der Waals surface area contributed by atoms with Crippen LogP contribution in [0.3, 0.4) is 0 Å². The van der Waals surface area contributed by atoms with E-state index in [2.05, 4.69) is 63.4 Å². The minimum Gasteiger partial charge on any atom is -0.252 e. The van der Waals surface area contributed by atoms with E-state index in [4.69, 9.17) is 4.98 Å². The number of halogens is 1. The van der Waals surface area contributed by atoms with Gasteiger partial charge in [-0.25, -0.2) is 4.98 Å². The van der Waals surface area contributed by atoms with Crippen LogP contribution in [-0.4, -0.2) is 9.97 Å². The Kier molecular flexibility index (Phi) is 2.51. The Morgan fingerprint density at radius 3 is 2.45 bits per heavy atom. The number of aromatic nitrogens is 2. The van der Waals surface area contributed by atoms with Crippen molar-refractivity contribution in [3.8, 4) is 0 Å². The quantitative estimate of drug-likeness (QED) is 0.425. The van der Waals surface area contributed by atoms with E-state index >= 15 is 0 Å². The zero-order valence-electron chi connectivity index (χ0n) is 10.9. The van der Waals surface area contributed by atoms with Crippen molar-refractivity contribution in [2.75, 3.05) is 0 Å². The number of aryl methyl sites for hydroxylation is 1. The molecular formula is C17H11BrN2. The van der Waals surface area contributed by atoms with Crippen LogP contribution in [0.1, 0.15) is 5.69 Å². The van der Waals surface area contributed by atoms with Gasteiger partial charge >= 0.3 is 0 Å². The zero-order valence-corrected chi connectivity index (χ0v) is 12.5. The highest BCUT2D eigenvalue weighted by Gasteiger charge is 2.10. The molecule has 4 aromatic rings. The highest BCUT2D eigenvalue weighted by molar-refractivity contribution is 9.10. The molecule has 3 heteroatoms. The average Bonchev–Trinajstić information content (AvgIpc) is 2.47. The number of hydrogen-bond acceptors (Lipinski definition) is 2. The highest BCUT2D eigenvalue weighted by atomic mass is 79.9. The molecule has 2 nitrogen and oxygen atoms in total. The number of benzene rings is 3. The van der Waals surface area contributed by atoms with E-state index in [1.807, 2.05) is 13.1 Å². The maximum Gasteiger partial charge on any atom is 0.0974 e. The summed E-state index contributed by atoms with van der Waals surface area (Å²) in [6, 6.07) is 14.7. The lowest BCUT2D eigenvalue weighted by atomic mass is 9.99. The molecule has 1 aromatic heterocycles. The Balaban J connectivity index is 2.40. The summed E-state index contributed by atoms with van der Waals surface area (Å²) in [5.74, 6) is 0. The Hall–Kier alpha value is -2.00. The monoisotopic (exact) mass is 322 g/mol. The standard InChI is InChI=1S/C17H11BrN2/c1-10-9-19-16-14-7-6-11(18)8-15(14)12-4-2-3-5-13(12)17(16)20-10/h2-9H,1H3. The van der Waals surface area contributed by atoms with E-state index < -0.39 is 0 Å². The molecule has 0 aliphatic heterocycles. The van der Waals surface area contributed by atoms with Gasteiger partial charge in [-0.15, -0.1) is 0 Å². The van der Waals surface area contributed by atoms with Crippen LogP contribution in [0.2, 0.25) is 0 Å². The van der Waals surface area contributed by atoms with Crippen molar-refractivity contribution in [3.05, 3.63) is 58.8 Å². The van der Waals surface area contributed by atoms with Crippen LogP contribution in [0.5, 0.6) is 0 Å². The fraction of sp³-hybridized carbons (Fsp3) is 0.0588. The summed E-state index contributed by atoms with van der Waals surface area (Å²) in [6.45, 7) is 1.98. The molecule has 1 heterocycles. The lowest BCUT2D eigenvalue weighted by molar-refractivity contribution is 1.19. The first-order chi connectivity index (χ1) is 9.74. The number of nitrogens with zero attached hydrogens (tertiary/aromatic N) is 2. The van der Waals surface area contributed by atoms with Gasteiger partial charge in [0.2, 0.25) is 0 Å². The predicted octanol–water partition coefficient (Wildman–Crippen LogP) is 5.01. The van der Waals surface area contributed by atoms with E-state index in [1.54, 1.807) is 0 Å². The van der Waals surface area contributed by atoms with Crippen LogP contribution in [0.25, 0.3) is 32.6 Å². The smallest absolute Gasteiger partial charge is 0.0974 e. The molecule has 0 aliphatic rings. The molecule has 4 rings (SSSR count). The van der Waals surface area contributed by atoms with Gasteiger partial charge in [-0.05, 0) is 29.8 Å². The maximum absolute atomic E-state index is 4.70. The summed E-state index contributed by atoms with van der Waals surface area (Å²) in [5.41, 5.74) is 2.89. The molecular weight excluding hydrogens is 312 g/mol. The first-order valence-corrected chi connectivity index (χ1v) is 7.27. The summed E-state index contributed by atoms with van der Waals surface area (Å²) in [7, 11) is 0. The van der Waals surface area contributed by atoms with Gasteiger partial charge in [0, 0.05) is 21.4 Å². The first kappa shape index (κ1) is 11.8. The molecule has 20 heavy (non-hydrogen) atoms. The number of fused-ring (bicyclic) bond motifs is 6. The molecule has 0 amide bonds. The van der Waals surface area contributed by atoms with Gasteiger partial charge in [-0.2, -0.15) is 0 Å². The van der Waals surface area contributed by atoms with Crippen molar-refractivity contribution in [2.45, 2.75) is 6.92 Å². The lowest BCUT2D eigenvalue weighted by Crippen LogP contribution is -1.91. The molecule has 96 valence electrons. The van der Waals surface area contributed by atoms with Crippen LogP contribution >= 0.6 is 15.9 Å². The molecule has 0 bridgehead atoms. The van der Waals surface area contributed by atoms with Crippen molar-refractivity contribution in [2.24, 2.45) is 0 Å². The number of hydrogen-bond donors (Lipinski definition) is 0. The minimum atomic E-state index is 0.944. The zero-order chi connectivity index (χ0) is 13.7. The van der Waals surface area contributed by atoms with Crippen LogP contribution in [0, 0.1) is 6.92 Å². The molecule has 3 aromatic carbocycles. The predicted molar refractivity (Wildman–Crippen MR) is 87.0 cm³/mol. The fourth-order valence-electron chi connectivity index (χ4n) is 2.73. The normalized spacial score (nSPS) is 11.5. The van der Waals surface area contributed by atoms with Crippen LogP contribution in [0.15, 0.2) is 53.1 Å². The van der Waals surface area contributed by atoms with E-state index in [1.165, 1.54) is 10.8 Å². The summed E-state index contributed by atoms with van der Waals surface area (Å²) in [6.07, 6.45) is 1.83. The van der Waals surface area contributed by atoms with Crippen molar-refractivity contribution in [3.63, 3.8) is 0 Å². The molecule has 0 spiro atoms. The van der Waals surface area contributed by atoms with Crippen molar-refractivity contribution in [1.29, 1.82) is 0 Å². The van der Waals surface area contributed by atoms with Crippen LogP contribution in [-0.2, 0) is 0 Å². The van der Waals surface area contributed by atoms with Crippen molar-refractivity contribution < 1.29 is 0 Å². The Morgan fingerprint density at radius 2 is 1.60 bits per heavy atom. The maximum atomic E-state index is 4.70. The second-order valence-electron chi connectivity index (χ2n) is 4.94. The summed E-state index contributed by atoms with van der Waals surface area (Å²) < 4.78 is 1.08. The van der Waals surface area contributed by atoms with E-state index in [-0.39, 0.29) is 0 Å². The summed E-state index contributed by atoms with van der Waals surface area (Å²) >= 11 is 3.56. The Labute approximate surface area is 124 Å². The van der Waals surface area contributed by atoms with Gasteiger partial charge in [0.25, 0.3) is 0 Å². The van der Waals surface area contributed by atoms with Gasteiger partial charge in [-0.3, -0.25) is 4.98 Å². The van der Waals surface area contributed by atoms with E-state index in [9.17, 15) is 0 Å². The number of rotatable bonds is 0. The Morgan fingerprint density at radius 1 is 0.850 bits per heavy atom. The molecule has 0 saturated carbocycles. The molecule has 0 fully saturated rings. The molecule has 0 radical (unpaired) electrons. The molecule has 0 unspecified atom stereocenters. The van der Waals surface area contributed by atoms with Crippen LogP contribution < -0.4 is 0 Å². The largest absolute Gasteiger partial charge is 0.252 e.